The third-order valence-electron chi connectivity index (χ3n) is 1.82. The van der Waals surface area contributed by atoms with Crippen LogP contribution in [0.4, 0.5) is 0 Å². The molecule has 0 bridgehead atoms. The molecule has 12 heavy (non-hydrogen) atoms. The summed E-state index contributed by atoms with van der Waals surface area (Å²) in [6.07, 6.45) is 6.79. The predicted octanol–water partition coefficient (Wildman–Crippen LogP) is 1.70. The molecule has 0 aliphatic rings. The second-order valence-electron chi connectivity index (χ2n) is 3.24. The van der Waals surface area contributed by atoms with Crippen molar-refractivity contribution in [2.75, 3.05) is 12.0 Å². The van der Waals surface area contributed by atoms with Gasteiger partial charge in [0.1, 0.15) is 0 Å². The van der Waals surface area contributed by atoms with Gasteiger partial charge in [-0.15, -0.1) is 0 Å². The maximum absolute atomic E-state index is 10.7. The van der Waals surface area contributed by atoms with Crippen LogP contribution in [0.15, 0.2) is 0 Å². The minimum Gasteiger partial charge on any atom is -0.392 e. The molecule has 0 rings (SSSR count). The van der Waals surface area contributed by atoms with E-state index >= 15 is 0 Å². The first kappa shape index (κ1) is 12.1. The normalized spacial score (nSPS) is 15.9. The van der Waals surface area contributed by atoms with Crippen LogP contribution in [0.25, 0.3) is 0 Å². The molecule has 0 radical (unpaired) electrons. The molecule has 3 heteroatoms. The predicted molar refractivity (Wildman–Crippen MR) is 53.7 cm³/mol. The van der Waals surface area contributed by atoms with Crippen LogP contribution in [-0.4, -0.2) is 27.4 Å². The third-order valence-corrected chi connectivity index (χ3v) is 2.67. The number of unbranched alkanes of at least 4 members (excludes halogenated alkanes) is 3. The molecule has 0 amide bonds. The molecule has 2 atom stereocenters. The molecule has 0 aliphatic carbocycles. The Morgan fingerprint density at radius 2 is 2.00 bits per heavy atom. The van der Waals surface area contributed by atoms with E-state index in [1.165, 1.54) is 19.3 Å². The van der Waals surface area contributed by atoms with Gasteiger partial charge in [0, 0.05) is 22.8 Å². The number of hydrogen-bond donors (Lipinski definition) is 1. The summed E-state index contributed by atoms with van der Waals surface area (Å²) < 4.78 is 10.7. The van der Waals surface area contributed by atoms with Crippen LogP contribution in [0.5, 0.6) is 0 Å². The Balaban J connectivity index is 3.19. The maximum Gasteiger partial charge on any atom is 0.0655 e. The van der Waals surface area contributed by atoms with E-state index in [1.807, 2.05) is 0 Å². The molecule has 0 saturated carbocycles. The second-order valence-corrected chi connectivity index (χ2v) is 4.72. The summed E-state index contributed by atoms with van der Waals surface area (Å²) >= 11 is 0. The highest BCUT2D eigenvalue weighted by atomic mass is 32.2. The minimum absolute atomic E-state index is 0.354. The summed E-state index contributed by atoms with van der Waals surface area (Å²) in [5.41, 5.74) is 0. The standard InChI is InChI=1S/C9H20O2S/c1-3-4-5-6-7-9(10)8-12(2)11/h9-10H,3-8H2,1-2H3. The monoisotopic (exact) mass is 192 g/mol. The number of rotatable bonds is 7. The van der Waals surface area contributed by atoms with Crippen LogP contribution < -0.4 is 0 Å². The second kappa shape index (κ2) is 7.74. The summed E-state index contributed by atoms with van der Waals surface area (Å²) in [6, 6.07) is 0. The van der Waals surface area contributed by atoms with Crippen molar-refractivity contribution in [1.82, 2.24) is 0 Å². The molecular weight excluding hydrogens is 172 g/mol. The Bertz CT molecular complexity index is 126. The van der Waals surface area contributed by atoms with Gasteiger partial charge < -0.3 is 5.11 Å². The molecule has 0 aliphatic heterocycles. The van der Waals surface area contributed by atoms with Crippen molar-refractivity contribution in [3.8, 4) is 0 Å². The first-order valence-corrected chi connectivity index (χ1v) is 6.37. The summed E-state index contributed by atoms with van der Waals surface area (Å²) in [5, 5.41) is 9.33. The van der Waals surface area contributed by atoms with Crippen LogP contribution in [0.2, 0.25) is 0 Å². The van der Waals surface area contributed by atoms with Crippen molar-refractivity contribution >= 4 is 10.8 Å². The van der Waals surface area contributed by atoms with Gasteiger partial charge >= 0.3 is 0 Å². The van der Waals surface area contributed by atoms with Gasteiger partial charge in [0.25, 0.3) is 0 Å². The smallest absolute Gasteiger partial charge is 0.0655 e. The van der Waals surface area contributed by atoms with E-state index in [0.717, 1.165) is 12.8 Å². The lowest BCUT2D eigenvalue weighted by atomic mass is 10.1. The van der Waals surface area contributed by atoms with Crippen LogP contribution in [0.1, 0.15) is 39.0 Å². The van der Waals surface area contributed by atoms with E-state index in [-0.39, 0.29) is 6.10 Å². The molecule has 0 heterocycles. The summed E-state index contributed by atoms with van der Waals surface area (Å²) in [7, 11) is -0.853. The molecule has 2 unspecified atom stereocenters. The van der Waals surface area contributed by atoms with Crippen molar-refractivity contribution in [1.29, 1.82) is 0 Å². The van der Waals surface area contributed by atoms with Crippen molar-refractivity contribution in [3.05, 3.63) is 0 Å². The molecule has 1 N–H and O–H groups in total. The van der Waals surface area contributed by atoms with Crippen LogP contribution >= 0.6 is 0 Å². The Labute approximate surface area is 77.8 Å². The zero-order valence-corrected chi connectivity index (χ0v) is 8.90. The fourth-order valence-electron chi connectivity index (χ4n) is 1.16. The molecule has 0 fully saturated rings. The zero-order valence-electron chi connectivity index (χ0n) is 8.08. The summed E-state index contributed by atoms with van der Waals surface area (Å²) in [5.74, 6) is 0.437. The van der Waals surface area contributed by atoms with Gasteiger partial charge in [0.15, 0.2) is 0 Å². The molecule has 0 aromatic heterocycles. The molecule has 2 nitrogen and oxygen atoms in total. The van der Waals surface area contributed by atoms with Gasteiger partial charge in [-0.2, -0.15) is 0 Å². The summed E-state index contributed by atoms with van der Waals surface area (Å²) in [4.78, 5) is 0. The Hall–Kier alpha value is 0.110. The molecule has 74 valence electrons. The lowest BCUT2D eigenvalue weighted by Crippen LogP contribution is -2.15. The number of aliphatic hydroxyl groups excluding tert-OH is 1. The molecule has 0 aromatic rings. The highest BCUT2D eigenvalue weighted by Gasteiger charge is 2.04. The summed E-state index contributed by atoms with van der Waals surface area (Å²) in [6.45, 7) is 2.16. The zero-order chi connectivity index (χ0) is 9.40. The van der Waals surface area contributed by atoms with Crippen molar-refractivity contribution < 1.29 is 9.32 Å². The topological polar surface area (TPSA) is 37.3 Å². The first-order chi connectivity index (χ1) is 5.66. The van der Waals surface area contributed by atoms with Crippen molar-refractivity contribution in [2.45, 2.75) is 45.1 Å². The number of aliphatic hydroxyl groups is 1. The number of hydrogen-bond acceptors (Lipinski definition) is 2. The highest BCUT2D eigenvalue weighted by Crippen LogP contribution is 2.05. The Kier molecular flexibility index (Phi) is 7.81. The van der Waals surface area contributed by atoms with Crippen LogP contribution in [0.3, 0.4) is 0 Å². The van der Waals surface area contributed by atoms with E-state index in [9.17, 15) is 9.32 Å². The van der Waals surface area contributed by atoms with Gasteiger partial charge in [-0.1, -0.05) is 32.6 Å². The lowest BCUT2D eigenvalue weighted by Gasteiger charge is -2.07. The fourth-order valence-corrected chi connectivity index (χ4v) is 1.87. The van der Waals surface area contributed by atoms with Crippen LogP contribution in [-0.2, 0) is 10.8 Å². The molecule has 0 aromatic carbocycles. The fraction of sp³-hybridized carbons (Fsp3) is 1.00. The Morgan fingerprint density at radius 1 is 1.33 bits per heavy atom. The van der Waals surface area contributed by atoms with E-state index in [4.69, 9.17) is 0 Å². The average molecular weight is 192 g/mol. The van der Waals surface area contributed by atoms with E-state index in [0.29, 0.717) is 5.75 Å². The average Bonchev–Trinajstić information content (AvgIpc) is 1.97. The lowest BCUT2D eigenvalue weighted by molar-refractivity contribution is 0.184. The third kappa shape index (κ3) is 8.21. The van der Waals surface area contributed by atoms with Gasteiger partial charge in [-0.05, 0) is 6.42 Å². The minimum atomic E-state index is -0.853. The maximum atomic E-state index is 10.7. The van der Waals surface area contributed by atoms with Crippen LogP contribution in [0, 0.1) is 0 Å². The van der Waals surface area contributed by atoms with Gasteiger partial charge in [-0.3, -0.25) is 4.21 Å². The van der Waals surface area contributed by atoms with Gasteiger partial charge in [-0.25, -0.2) is 0 Å². The molecule has 0 saturated heterocycles. The molecule has 0 spiro atoms. The Morgan fingerprint density at radius 3 is 2.50 bits per heavy atom. The molecular formula is C9H20O2S. The van der Waals surface area contributed by atoms with E-state index in [1.54, 1.807) is 6.26 Å². The van der Waals surface area contributed by atoms with Gasteiger partial charge in [0.05, 0.1) is 6.10 Å². The highest BCUT2D eigenvalue weighted by molar-refractivity contribution is 7.84. The van der Waals surface area contributed by atoms with Crippen molar-refractivity contribution in [3.63, 3.8) is 0 Å². The van der Waals surface area contributed by atoms with Crippen molar-refractivity contribution in [2.24, 2.45) is 0 Å². The van der Waals surface area contributed by atoms with E-state index in [2.05, 4.69) is 6.92 Å². The first-order valence-electron chi connectivity index (χ1n) is 4.65. The quantitative estimate of drug-likeness (QED) is 0.623. The SMILES string of the molecule is CCCCCCC(O)CS(C)=O. The van der Waals surface area contributed by atoms with E-state index < -0.39 is 10.8 Å². The largest absolute Gasteiger partial charge is 0.392 e. The van der Waals surface area contributed by atoms with Gasteiger partial charge in [0.2, 0.25) is 0 Å².